The number of aliphatic hydroxyl groups excluding tert-OH is 1. The number of aryl methyl sites for hydroxylation is 1. The van der Waals surface area contributed by atoms with Crippen molar-refractivity contribution < 1.29 is 5.11 Å². The third-order valence-electron chi connectivity index (χ3n) is 4.74. The molecule has 1 unspecified atom stereocenters. The smallest absolute Gasteiger partial charge is 0.229 e. The van der Waals surface area contributed by atoms with E-state index in [1.54, 1.807) is 17.2 Å². The zero-order valence-electron chi connectivity index (χ0n) is 15.3. The second-order valence-electron chi connectivity index (χ2n) is 6.78. The number of aliphatic hydroxyl groups is 1. The van der Waals surface area contributed by atoms with Crippen LogP contribution in [0.25, 0.3) is 5.69 Å². The molecule has 0 spiro atoms. The number of nitrogens with zero attached hydrogens (tertiary/aromatic N) is 6. The fraction of sp³-hybridized carbons (Fsp3) is 0.368. The molecular formula is C19H23N7O. The Bertz CT molecular complexity index is 893. The minimum atomic E-state index is 0.227. The maximum absolute atomic E-state index is 9.43. The molecule has 3 aromatic rings. The number of hydrogen-bond acceptors (Lipinski definition) is 7. The molecule has 1 aromatic carbocycles. The monoisotopic (exact) mass is 365 g/mol. The second-order valence-corrected chi connectivity index (χ2v) is 6.78. The second kappa shape index (κ2) is 7.71. The quantitative estimate of drug-likeness (QED) is 0.717. The van der Waals surface area contributed by atoms with Gasteiger partial charge in [0.2, 0.25) is 5.95 Å². The van der Waals surface area contributed by atoms with E-state index in [-0.39, 0.29) is 6.61 Å². The van der Waals surface area contributed by atoms with E-state index in [1.165, 1.54) is 0 Å². The maximum atomic E-state index is 9.43. The van der Waals surface area contributed by atoms with Gasteiger partial charge in [-0.2, -0.15) is 10.1 Å². The van der Waals surface area contributed by atoms with Crippen LogP contribution in [0.5, 0.6) is 0 Å². The average Bonchev–Trinajstić information content (AvgIpc) is 3.15. The Hall–Kier alpha value is -3.00. The Labute approximate surface area is 157 Å². The van der Waals surface area contributed by atoms with Gasteiger partial charge in [-0.1, -0.05) is 0 Å². The number of hydrogen-bond donors (Lipinski definition) is 2. The van der Waals surface area contributed by atoms with Crippen LogP contribution < -0.4 is 10.2 Å². The average molecular weight is 365 g/mol. The summed E-state index contributed by atoms with van der Waals surface area (Å²) in [5, 5.41) is 17.0. The van der Waals surface area contributed by atoms with Gasteiger partial charge in [0.25, 0.3) is 0 Å². The van der Waals surface area contributed by atoms with Gasteiger partial charge in [-0.25, -0.2) is 14.6 Å². The predicted molar refractivity (Wildman–Crippen MR) is 103 cm³/mol. The highest BCUT2D eigenvalue weighted by Gasteiger charge is 2.20. The van der Waals surface area contributed by atoms with Crippen LogP contribution in [-0.2, 0) is 0 Å². The van der Waals surface area contributed by atoms with Crippen LogP contribution in [0.4, 0.5) is 17.5 Å². The van der Waals surface area contributed by atoms with Crippen molar-refractivity contribution in [1.29, 1.82) is 0 Å². The van der Waals surface area contributed by atoms with Crippen molar-refractivity contribution in [3.63, 3.8) is 0 Å². The predicted octanol–water partition coefficient (Wildman–Crippen LogP) is 2.32. The van der Waals surface area contributed by atoms with Crippen molar-refractivity contribution in [3.05, 3.63) is 48.7 Å². The molecule has 27 heavy (non-hydrogen) atoms. The van der Waals surface area contributed by atoms with Crippen molar-refractivity contribution >= 4 is 17.5 Å². The van der Waals surface area contributed by atoms with Gasteiger partial charge in [0.05, 0.1) is 5.69 Å². The molecule has 0 amide bonds. The fourth-order valence-corrected chi connectivity index (χ4v) is 3.30. The lowest BCUT2D eigenvalue weighted by Gasteiger charge is -2.32. The molecule has 1 atom stereocenters. The van der Waals surface area contributed by atoms with Gasteiger partial charge in [-0.3, -0.25) is 0 Å². The number of rotatable bonds is 5. The lowest BCUT2D eigenvalue weighted by Crippen LogP contribution is -2.37. The van der Waals surface area contributed by atoms with E-state index in [4.69, 9.17) is 0 Å². The van der Waals surface area contributed by atoms with E-state index in [9.17, 15) is 5.11 Å². The lowest BCUT2D eigenvalue weighted by molar-refractivity contribution is 0.208. The van der Waals surface area contributed by atoms with E-state index in [2.05, 4.69) is 30.3 Å². The van der Waals surface area contributed by atoms with Crippen LogP contribution in [0.3, 0.4) is 0 Å². The third kappa shape index (κ3) is 4.06. The Balaban J connectivity index is 1.46. The highest BCUT2D eigenvalue weighted by Crippen LogP contribution is 2.23. The number of anilines is 3. The molecule has 1 aliphatic rings. The first-order valence-electron chi connectivity index (χ1n) is 9.16. The van der Waals surface area contributed by atoms with Gasteiger partial charge in [0.15, 0.2) is 0 Å². The molecule has 8 heteroatoms. The van der Waals surface area contributed by atoms with Crippen LogP contribution >= 0.6 is 0 Å². The molecule has 140 valence electrons. The first kappa shape index (κ1) is 17.4. The highest BCUT2D eigenvalue weighted by atomic mass is 16.3. The molecule has 0 aliphatic carbocycles. The molecule has 4 rings (SSSR count). The fourth-order valence-electron chi connectivity index (χ4n) is 3.30. The molecule has 8 nitrogen and oxygen atoms in total. The van der Waals surface area contributed by atoms with Gasteiger partial charge in [0, 0.05) is 31.6 Å². The molecule has 2 aromatic heterocycles. The van der Waals surface area contributed by atoms with Crippen molar-refractivity contribution in [1.82, 2.24) is 24.7 Å². The lowest BCUT2D eigenvalue weighted by atomic mass is 9.99. The molecule has 0 bridgehead atoms. The molecule has 2 N–H and O–H groups in total. The zero-order valence-corrected chi connectivity index (χ0v) is 15.3. The SMILES string of the molecule is Cc1ncn(-c2ccc(Nc3nccc(N4CCCC(CO)C4)n3)cc2)n1. The summed E-state index contributed by atoms with van der Waals surface area (Å²) in [6, 6.07) is 9.78. The van der Waals surface area contributed by atoms with Gasteiger partial charge in [0.1, 0.15) is 18.0 Å². The van der Waals surface area contributed by atoms with Crippen molar-refractivity contribution in [3.8, 4) is 5.69 Å². The summed E-state index contributed by atoms with van der Waals surface area (Å²) in [5.41, 5.74) is 1.85. The van der Waals surface area contributed by atoms with Crippen molar-refractivity contribution in [2.45, 2.75) is 19.8 Å². The van der Waals surface area contributed by atoms with Crippen LogP contribution in [0.1, 0.15) is 18.7 Å². The molecule has 0 saturated carbocycles. The van der Waals surface area contributed by atoms with Crippen LogP contribution in [0.15, 0.2) is 42.9 Å². The Morgan fingerprint density at radius 3 is 2.78 bits per heavy atom. The summed E-state index contributed by atoms with van der Waals surface area (Å²) in [4.78, 5) is 15.3. The Morgan fingerprint density at radius 1 is 1.19 bits per heavy atom. The minimum Gasteiger partial charge on any atom is -0.396 e. The molecule has 0 radical (unpaired) electrons. The molecule has 3 heterocycles. The Kier molecular flexibility index (Phi) is 4.97. The summed E-state index contributed by atoms with van der Waals surface area (Å²) in [5.74, 6) is 2.50. The summed E-state index contributed by atoms with van der Waals surface area (Å²) >= 11 is 0. The molecule has 1 aliphatic heterocycles. The first-order valence-corrected chi connectivity index (χ1v) is 9.16. The summed E-state index contributed by atoms with van der Waals surface area (Å²) in [6.07, 6.45) is 5.60. The summed E-state index contributed by atoms with van der Waals surface area (Å²) in [6.45, 7) is 3.88. The minimum absolute atomic E-state index is 0.227. The standard InChI is InChI=1S/C19H23N7O/c1-14-21-13-26(24-14)17-6-4-16(5-7-17)22-19-20-9-8-18(23-19)25-10-2-3-15(11-25)12-27/h4-9,13,15,27H,2-3,10-12H2,1H3,(H,20,22,23). The third-order valence-corrected chi connectivity index (χ3v) is 4.74. The van der Waals surface area contributed by atoms with Crippen LogP contribution in [-0.4, -0.2) is 49.5 Å². The van der Waals surface area contributed by atoms with Gasteiger partial charge in [-0.05, 0) is 56.0 Å². The Morgan fingerprint density at radius 2 is 2.04 bits per heavy atom. The maximum Gasteiger partial charge on any atom is 0.229 e. The van der Waals surface area contributed by atoms with Gasteiger partial charge in [-0.15, -0.1) is 0 Å². The van der Waals surface area contributed by atoms with Gasteiger partial charge >= 0.3 is 0 Å². The van der Waals surface area contributed by atoms with Crippen LogP contribution in [0.2, 0.25) is 0 Å². The summed E-state index contributed by atoms with van der Waals surface area (Å²) < 4.78 is 1.74. The number of nitrogens with one attached hydrogen (secondary N) is 1. The van der Waals surface area contributed by atoms with E-state index in [1.807, 2.05) is 37.3 Å². The van der Waals surface area contributed by atoms with Gasteiger partial charge < -0.3 is 15.3 Å². The number of aromatic nitrogens is 5. The normalized spacial score (nSPS) is 17.1. The molecular weight excluding hydrogens is 342 g/mol. The molecule has 1 fully saturated rings. The van der Waals surface area contributed by atoms with Crippen molar-refractivity contribution in [2.75, 3.05) is 29.9 Å². The highest BCUT2D eigenvalue weighted by molar-refractivity contribution is 5.57. The van der Waals surface area contributed by atoms with E-state index >= 15 is 0 Å². The largest absolute Gasteiger partial charge is 0.396 e. The molecule has 1 saturated heterocycles. The zero-order chi connectivity index (χ0) is 18.6. The number of piperidine rings is 1. The first-order chi connectivity index (χ1) is 13.2. The van der Waals surface area contributed by atoms with Crippen molar-refractivity contribution in [2.24, 2.45) is 5.92 Å². The van der Waals surface area contributed by atoms with E-state index < -0.39 is 0 Å². The number of benzene rings is 1. The van der Waals surface area contributed by atoms with E-state index in [0.717, 1.165) is 48.9 Å². The topological polar surface area (TPSA) is 92.0 Å². The van der Waals surface area contributed by atoms with Crippen LogP contribution in [0, 0.1) is 12.8 Å². The summed E-state index contributed by atoms with van der Waals surface area (Å²) in [7, 11) is 0. The van der Waals surface area contributed by atoms with E-state index in [0.29, 0.717) is 11.9 Å².